The fourth-order valence-electron chi connectivity index (χ4n) is 3.83. The lowest BCUT2D eigenvalue weighted by Gasteiger charge is -2.55. The van der Waals surface area contributed by atoms with E-state index in [1.165, 1.54) is 5.56 Å². The van der Waals surface area contributed by atoms with Crippen molar-refractivity contribution >= 4 is 15.9 Å². The molecular formula is C19H23BrN2O. The summed E-state index contributed by atoms with van der Waals surface area (Å²) < 4.78 is 0.884. The summed E-state index contributed by atoms with van der Waals surface area (Å²) in [4.78, 5) is 6.51. The van der Waals surface area contributed by atoms with E-state index in [2.05, 4.69) is 71.0 Å². The molecule has 1 aliphatic heterocycles. The second-order valence-electron chi connectivity index (χ2n) is 6.89. The number of rotatable bonds is 4. The molecule has 1 saturated heterocycles. The fraction of sp³-hybridized carbons (Fsp3) is 0.421. The van der Waals surface area contributed by atoms with Crippen LogP contribution in [0.5, 0.6) is 0 Å². The molecule has 0 bridgehead atoms. The molecule has 23 heavy (non-hydrogen) atoms. The number of nitrogens with zero attached hydrogens (tertiary/aromatic N) is 2. The minimum absolute atomic E-state index is 0.238. The van der Waals surface area contributed by atoms with Gasteiger partial charge in [0.2, 0.25) is 0 Å². The third kappa shape index (κ3) is 2.73. The zero-order valence-corrected chi connectivity index (χ0v) is 15.5. The first kappa shape index (κ1) is 16.6. The minimum Gasteiger partial charge on any atom is -0.380 e. The van der Waals surface area contributed by atoms with Crippen LogP contribution in [0.15, 0.2) is 47.2 Å². The highest BCUT2D eigenvalue weighted by Gasteiger charge is 2.55. The van der Waals surface area contributed by atoms with Crippen molar-refractivity contribution in [3.05, 3.63) is 63.9 Å². The van der Waals surface area contributed by atoms with Gasteiger partial charge in [0, 0.05) is 40.9 Å². The Bertz CT molecular complexity index is 695. The maximum absolute atomic E-state index is 11.9. The van der Waals surface area contributed by atoms with Gasteiger partial charge in [0.1, 0.15) is 5.60 Å². The average Bonchev–Trinajstić information content (AvgIpc) is 2.52. The van der Waals surface area contributed by atoms with Gasteiger partial charge in [-0.3, -0.25) is 4.98 Å². The molecule has 2 heterocycles. The van der Waals surface area contributed by atoms with Crippen molar-refractivity contribution in [2.75, 3.05) is 20.1 Å². The van der Waals surface area contributed by atoms with Crippen LogP contribution >= 0.6 is 15.9 Å². The SMILES string of the molecule is CCc1ccc([C@](O)(c2cncc(Br)c2)C2(C)CN(C)C2)cc1. The molecule has 0 saturated carbocycles. The molecule has 1 N–H and O–H groups in total. The predicted molar refractivity (Wildman–Crippen MR) is 96.4 cm³/mol. The van der Waals surface area contributed by atoms with Crippen molar-refractivity contribution in [1.82, 2.24) is 9.88 Å². The van der Waals surface area contributed by atoms with Crippen LogP contribution in [-0.2, 0) is 12.0 Å². The van der Waals surface area contributed by atoms with Gasteiger partial charge in [-0.15, -0.1) is 0 Å². The zero-order valence-electron chi connectivity index (χ0n) is 13.9. The second kappa shape index (κ2) is 6.00. The number of likely N-dealkylation sites (tertiary alicyclic amines) is 1. The molecule has 3 rings (SSSR count). The number of hydrogen-bond acceptors (Lipinski definition) is 3. The molecule has 0 aliphatic carbocycles. The first-order chi connectivity index (χ1) is 10.9. The van der Waals surface area contributed by atoms with Crippen molar-refractivity contribution in [3.8, 4) is 0 Å². The Labute approximate surface area is 146 Å². The molecule has 122 valence electrons. The van der Waals surface area contributed by atoms with E-state index < -0.39 is 5.60 Å². The van der Waals surface area contributed by atoms with Gasteiger partial charge in [-0.05, 0) is 46.6 Å². The molecule has 2 aromatic rings. The van der Waals surface area contributed by atoms with E-state index in [-0.39, 0.29) is 5.41 Å². The predicted octanol–water partition coefficient (Wildman–Crippen LogP) is 3.59. The summed E-state index contributed by atoms with van der Waals surface area (Å²) in [5.41, 5.74) is 1.76. The summed E-state index contributed by atoms with van der Waals surface area (Å²) in [6, 6.07) is 10.3. The smallest absolute Gasteiger partial charge is 0.124 e. The highest BCUT2D eigenvalue weighted by atomic mass is 79.9. The highest BCUT2D eigenvalue weighted by Crippen LogP contribution is 2.50. The van der Waals surface area contributed by atoms with Crippen LogP contribution in [0.1, 0.15) is 30.5 Å². The molecule has 1 aliphatic rings. The van der Waals surface area contributed by atoms with Crippen LogP contribution in [0, 0.1) is 5.41 Å². The number of aromatic nitrogens is 1. The normalized spacial score (nSPS) is 19.9. The van der Waals surface area contributed by atoms with Gasteiger partial charge in [-0.2, -0.15) is 0 Å². The Morgan fingerprint density at radius 3 is 2.39 bits per heavy atom. The van der Waals surface area contributed by atoms with Gasteiger partial charge in [0.15, 0.2) is 0 Å². The molecule has 0 radical (unpaired) electrons. The van der Waals surface area contributed by atoms with E-state index in [1.54, 1.807) is 12.4 Å². The Kier molecular flexibility index (Phi) is 4.34. The number of aryl methyl sites for hydroxylation is 1. The third-order valence-corrected chi connectivity index (χ3v) is 5.45. The minimum atomic E-state index is -1.05. The van der Waals surface area contributed by atoms with Gasteiger partial charge in [-0.25, -0.2) is 0 Å². The molecule has 0 unspecified atom stereocenters. The summed E-state index contributed by atoms with van der Waals surface area (Å²) in [6.07, 6.45) is 4.53. The van der Waals surface area contributed by atoms with Crippen molar-refractivity contribution in [1.29, 1.82) is 0 Å². The number of hydrogen-bond donors (Lipinski definition) is 1. The summed E-state index contributed by atoms with van der Waals surface area (Å²) >= 11 is 3.48. The zero-order chi connectivity index (χ0) is 16.7. The number of aliphatic hydroxyl groups is 1. The molecule has 1 atom stereocenters. The maximum Gasteiger partial charge on any atom is 0.124 e. The van der Waals surface area contributed by atoms with Gasteiger partial charge in [0.25, 0.3) is 0 Å². The van der Waals surface area contributed by atoms with Crippen molar-refractivity contribution in [3.63, 3.8) is 0 Å². The summed E-state index contributed by atoms with van der Waals surface area (Å²) in [6.45, 7) is 6.00. The lowest BCUT2D eigenvalue weighted by atomic mass is 9.62. The summed E-state index contributed by atoms with van der Waals surface area (Å²) in [5, 5.41) is 11.9. The van der Waals surface area contributed by atoms with Gasteiger partial charge in [0.05, 0.1) is 0 Å². The monoisotopic (exact) mass is 374 g/mol. The molecule has 4 heteroatoms. The van der Waals surface area contributed by atoms with E-state index in [0.29, 0.717) is 0 Å². The van der Waals surface area contributed by atoms with Crippen molar-refractivity contribution in [2.45, 2.75) is 25.9 Å². The molecule has 1 fully saturated rings. The van der Waals surface area contributed by atoms with E-state index in [1.807, 2.05) is 6.07 Å². The van der Waals surface area contributed by atoms with Crippen LogP contribution in [0.25, 0.3) is 0 Å². The number of benzene rings is 1. The number of pyridine rings is 1. The summed E-state index contributed by atoms with van der Waals surface area (Å²) in [5.74, 6) is 0. The Morgan fingerprint density at radius 1 is 1.22 bits per heavy atom. The number of halogens is 1. The molecule has 3 nitrogen and oxygen atoms in total. The Morgan fingerprint density at radius 2 is 1.87 bits per heavy atom. The van der Waals surface area contributed by atoms with Crippen LogP contribution in [0.4, 0.5) is 0 Å². The van der Waals surface area contributed by atoms with Crippen molar-refractivity contribution < 1.29 is 5.11 Å². The first-order valence-corrected chi connectivity index (χ1v) is 8.80. The van der Waals surface area contributed by atoms with E-state index in [9.17, 15) is 5.11 Å². The fourth-order valence-corrected chi connectivity index (χ4v) is 4.19. The van der Waals surface area contributed by atoms with Crippen LogP contribution in [0.3, 0.4) is 0 Å². The maximum atomic E-state index is 11.9. The van der Waals surface area contributed by atoms with Crippen LogP contribution in [0.2, 0.25) is 0 Å². The topological polar surface area (TPSA) is 36.4 Å². The van der Waals surface area contributed by atoms with Gasteiger partial charge < -0.3 is 10.0 Å². The quantitative estimate of drug-likeness (QED) is 0.887. The molecule has 1 aromatic carbocycles. The Balaban J connectivity index is 2.13. The third-order valence-electron chi connectivity index (χ3n) is 5.01. The molecule has 1 aromatic heterocycles. The molecule has 0 spiro atoms. The largest absolute Gasteiger partial charge is 0.380 e. The van der Waals surface area contributed by atoms with Crippen molar-refractivity contribution in [2.24, 2.45) is 5.41 Å². The van der Waals surface area contributed by atoms with Crippen LogP contribution in [-0.4, -0.2) is 35.1 Å². The molecule has 0 amide bonds. The van der Waals surface area contributed by atoms with E-state index in [0.717, 1.165) is 35.1 Å². The van der Waals surface area contributed by atoms with E-state index in [4.69, 9.17) is 0 Å². The van der Waals surface area contributed by atoms with Gasteiger partial charge in [-0.1, -0.05) is 38.1 Å². The lowest BCUT2D eigenvalue weighted by Crippen LogP contribution is -2.63. The highest BCUT2D eigenvalue weighted by molar-refractivity contribution is 9.10. The average molecular weight is 375 g/mol. The van der Waals surface area contributed by atoms with Crippen LogP contribution < -0.4 is 0 Å². The summed E-state index contributed by atoms with van der Waals surface area (Å²) in [7, 11) is 2.08. The lowest BCUT2D eigenvalue weighted by molar-refractivity contribution is -0.127. The standard InChI is InChI=1S/C19H23BrN2O/c1-4-14-5-7-15(8-6-14)19(23,18(2)12-22(3)13-18)16-9-17(20)11-21-10-16/h5-11,23H,4,12-13H2,1-3H3/t19-/m0/s1. The van der Waals surface area contributed by atoms with E-state index >= 15 is 0 Å². The van der Waals surface area contributed by atoms with Gasteiger partial charge >= 0.3 is 0 Å². The second-order valence-corrected chi connectivity index (χ2v) is 7.80. The first-order valence-electron chi connectivity index (χ1n) is 8.00. The Hall–Kier alpha value is -1.23. The molecular weight excluding hydrogens is 352 g/mol.